The highest BCUT2D eigenvalue weighted by molar-refractivity contribution is 9.10. The van der Waals surface area contributed by atoms with Gasteiger partial charge in [0.1, 0.15) is 11.9 Å². The largest absolute Gasteiger partial charge is 0.454 e. The predicted molar refractivity (Wildman–Crippen MR) is 74.9 cm³/mol. The third kappa shape index (κ3) is 1.83. The zero-order chi connectivity index (χ0) is 13.9. The van der Waals surface area contributed by atoms with Crippen molar-refractivity contribution in [3.8, 4) is 0 Å². The maximum Gasteiger partial charge on any atom is 0.334 e. The summed E-state index contributed by atoms with van der Waals surface area (Å²) in [4.78, 5) is 23.9. The molecule has 3 nitrogen and oxygen atoms in total. The molecule has 0 amide bonds. The molecule has 2 aliphatic carbocycles. The fourth-order valence-electron chi connectivity index (χ4n) is 4.18. The van der Waals surface area contributed by atoms with E-state index in [-0.39, 0.29) is 28.2 Å². The normalized spacial score (nSPS) is 45.9. The van der Waals surface area contributed by atoms with Crippen LogP contribution < -0.4 is 0 Å². The summed E-state index contributed by atoms with van der Waals surface area (Å²) in [5, 5.41) is 0. The number of ether oxygens (including phenoxy) is 1. The van der Waals surface area contributed by atoms with Crippen molar-refractivity contribution in [2.45, 2.75) is 51.0 Å². The number of carbonyl (C=O) groups is 2. The first-order valence-corrected chi connectivity index (χ1v) is 7.83. The molecule has 5 atom stereocenters. The minimum absolute atomic E-state index is 0.0474. The van der Waals surface area contributed by atoms with E-state index in [9.17, 15) is 9.59 Å². The Kier molecular flexibility index (Phi) is 2.93. The minimum Gasteiger partial charge on any atom is -0.454 e. The average Bonchev–Trinajstić information content (AvgIpc) is 2.59. The Morgan fingerprint density at radius 2 is 2.00 bits per heavy atom. The number of fused-ring (bicyclic) bond motifs is 2. The van der Waals surface area contributed by atoms with Crippen LogP contribution in [0, 0.1) is 17.3 Å². The second-order valence-electron chi connectivity index (χ2n) is 6.58. The summed E-state index contributed by atoms with van der Waals surface area (Å²) < 4.78 is 5.48. The van der Waals surface area contributed by atoms with Gasteiger partial charge in [-0.05, 0) is 43.1 Å². The van der Waals surface area contributed by atoms with Gasteiger partial charge in [-0.1, -0.05) is 29.8 Å². The number of hydrogen-bond donors (Lipinski definition) is 0. The lowest BCUT2D eigenvalue weighted by atomic mass is 9.55. The Bertz CT molecular complexity index is 496. The molecule has 0 saturated heterocycles. The first-order chi connectivity index (χ1) is 8.83. The summed E-state index contributed by atoms with van der Waals surface area (Å²) in [6, 6.07) is 0. The monoisotopic (exact) mass is 326 g/mol. The molecule has 104 valence electrons. The number of rotatable bonds is 0. The van der Waals surface area contributed by atoms with Gasteiger partial charge in [-0.15, -0.1) is 0 Å². The van der Waals surface area contributed by atoms with Gasteiger partial charge in [-0.2, -0.15) is 0 Å². The van der Waals surface area contributed by atoms with E-state index >= 15 is 0 Å². The van der Waals surface area contributed by atoms with E-state index in [1.807, 2.05) is 13.8 Å². The lowest BCUT2D eigenvalue weighted by Gasteiger charge is -2.50. The van der Waals surface area contributed by atoms with Crippen LogP contribution >= 0.6 is 15.9 Å². The van der Waals surface area contributed by atoms with Crippen molar-refractivity contribution in [1.82, 2.24) is 0 Å². The molecule has 0 aromatic heterocycles. The fraction of sp³-hybridized carbons (Fsp3) is 0.733. The number of carbonyl (C=O) groups excluding carboxylic acids is 2. The van der Waals surface area contributed by atoms with E-state index in [2.05, 4.69) is 22.9 Å². The van der Waals surface area contributed by atoms with Crippen molar-refractivity contribution in [2.24, 2.45) is 17.3 Å². The Hall–Kier alpha value is -0.640. The van der Waals surface area contributed by atoms with Gasteiger partial charge < -0.3 is 4.74 Å². The van der Waals surface area contributed by atoms with E-state index < -0.39 is 0 Å². The number of halogens is 1. The third-order valence-electron chi connectivity index (χ3n) is 5.42. The van der Waals surface area contributed by atoms with Crippen molar-refractivity contribution in [2.75, 3.05) is 0 Å². The summed E-state index contributed by atoms with van der Waals surface area (Å²) in [5.41, 5.74) is 1.99. The van der Waals surface area contributed by atoms with E-state index in [0.29, 0.717) is 11.7 Å². The van der Waals surface area contributed by atoms with Crippen molar-refractivity contribution in [3.05, 3.63) is 11.1 Å². The van der Waals surface area contributed by atoms with Crippen molar-refractivity contribution >= 4 is 27.7 Å². The molecule has 0 spiro atoms. The lowest BCUT2D eigenvalue weighted by Crippen LogP contribution is -2.50. The number of ketones is 1. The topological polar surface area (TPSA) is 43.4 Å². The molecule has 4 heteroatoms. The van der Waals surface area contributed by atoms with Crippen LogP contribution in [-0.2, 0) is 14.3 Å². The number of esters is 1. The second kappa shape index (κ2) is 4.18. The SMILES string of the molecule is CC1=C2C[C@@H]3[C@@H](C)C(=O)[C@@H](Br)C[C@]3(C)C[C@@H]2OC1=O. The first kappa shape index (κ1) is 13.3. The summed E-state index contributed by atoms with van der Waals surface area (Å²) in [6.45, 7) is 6.13. The predicted octanol–water partition coefficient (Wildman–Crippen LogP) is 3.02. The van der Waals surface area contributed by atoms with Crippen LogP contribution in [0.2, 0.25) is 0 Å². The van der Waals surface area contributed by atoms with Gasteiger partial charge in [0.15, 0.2) is 0 Å². The molecule has 19 heavy (non-hydrogen) atoms. The molecule has 3 aliphatic rings. The van der Waals surface area contributed by atoms with Crippen molar-refractivity contribution in [1.29, 1.82) is 0 Å². The molecule has 3 rings (SSSR count). The molecule has 0 unspecified atom stereocenters. The summed E-state index contributed by atoms with van der Waals surface area (Å²) >= 11 is 3.52. The molecule has 0 aromatic rings. The molecule has 0 aromatic carbocycles. The Morgan fingerprint density at radius 1 is 1.32 bits per heavy atom. The van der Waals surface area contributed by atoms with E-state index in [1.54, 1.807) is 0 Å². The fourth-order valence-corrected chi connectivity index (χ4v) is 5.33. The molecular formula is C15H19BrO3. The maximum absolute atomic E-state index is 12.2. The Labute approximate surface area is 121 Å². The molecular weight excluding hydrogens is 308 g/mol. The van der Waals surface area contributed by atoms with Gasteiger partial charge in [0, 0.05) is 11.5 Å². The van der Waals surface area contributed by atoms with Crippen LogP contribution in [0.5, 0.6) is 0 Å². The summed E-state index contributed by atoms with van der Waals surface area (Å²) in [7, 11) is 0. The summed E-state index contributed by atoms with van der Waals surface area (Å²) in [6.07, 6.45) is 2.50. The van der Waals surface area contributed by atoms with Crippen LogP contribution in [0.3, 0.4) is 0 Å². The molecule has 0 bridgehead atoms. The number of hydrogen-bond acceptors (Lipinski definition) is 3. The van der Waals surface area contributed by atoms with E-state index in [4.69, 9.17) is 4.74 Å². The Balaban J connectivity index is 1.97. The molecule has 0 N–H and O–H groups in total. The lowest BCUT2D eigenvalue weighted by molar-refractivity contribution is -0.144. The molecule has 1 aliphatic heterocycles. The first-order valence-electron chi connectivity index (χ1n) is 6.92. The van der Waals surface area contributed by atoms with Crippen molar-refractivity contribution in [3.63, 3.8) is 0 Å². The molecule has 2 saturated carbocycles. The van der Waals surface area contributed by atoms with Gasteiger partial charge in [0.25, 0.3) is 0 Å². The van der Waals surface area contributed by atoms with Gasteiger partial charge in [0.2, 0.25) is 0 Å². The molecule has 2 fully saturated rings. The van der Waals surface area contributed by atoms with E-state index in [0.717, 1.165) is 30.4 Å². The van der Waals surface area contributed by atoms with Gasteiger partial charge >= 0.3 is 5.97 Å². The van der Waals surface area contributed by atoms with E-state index in [1.165, 1.54) is 0 Å². The molecule has 0 radical (unpaired) electrons. The highest BCUT2D eigenvalue weighted by Crippen LogP contribution is 2.56. The zero-order valence-corrected chi connectivity index (χ0v) is 13.1. The van der Waals surface area contributed by atoms with Crippen LogP contribution in [0.25, 0.3) is 0 Å². The Morgan fingerprint density at radius 3 is 2.68 bits per heavy atom. The number of Topliss-reactive ketones (excluding diaryl/α,β-unsaturated/α-hetero) is 1. The maximum atomic E-state index is 12.2. The van der Waals surface area contributed by atoms with Gasteiger partial charge in [0.05, 0.1) is 4.83 Å². The third-order valence-corrected chi connectivity index (χ3v) is 6.19. The van der Waals surface area contributed by atoms with Crippen molar-refractivity contribution < 1.29 is 14.3 Å². The molecule has 1 heterocycles. The van der Waals surface area contributed by atoms with Crippen LogP contribution in [-0.4, -0.2) is 22.7 Å². The average molecular weight is 327 g/mol. The van der Waals surface area contributed by atoms with Gasteiger partial charge in [-0.3, -0.25) is 4.79 Å². The van der Waals surface area contributed by atoms with Crippen LogP contribution in [0.4, 0.5) is 0 Å². The highest BCUT2D eigenvalue weighted by atomic mass is 79.9. The van der Waals surface area contributed by atoms with Crippen LogP contribution in [0.15, 0.2) is 11.1 Å². The smallest absolute Gasteiger partial charge is 0.334 e. The van der Waals surface area contributed by atoms with Crippen LogP contribution in [0.1, 0.15) is 40.0 Å². The quantitative estimate of drug-likeness (QED) is 0.507. The van der Waals surface area contributed by atoms with Gasteiger partial charge in [-0.25, -0.2) is 4.79 Å². The number of alkyl halides is 1. The second-order valence-corrected chi connectivity index (χ2v) is 7.68. The zero-order valence-electron chi connectivity index (χ0n) is 11.5. The highest BCUT2D eigenvalue weighted by Gasteiger charge is 2.54. The summed E-state index contributed by atoms with van der Waals surface area (Å²) in [5.74, 6) is 0.533. The standard InChI is InChI=1S/C15H19BrO3/c1-7-9-4-10-8(2)13(17)11(16)5-15(10,3)6-12(9)19-14(7)18/h8,10-12H,4-6H2,1-3H3/t8-,10-,11+,12+,15-/m1/s1. The minimum atomic E-state index is -0.170.